The van der Waals surface area contributed by atoms with Crippen molar-refractivity contribution in [3.63, 3.8) is 0 Å². The molecule has 0 aromatic heterocycles. The highest BCUT2D eigenvalue weighted by atomic mass is 19.1. The van der Waals surface area contributed by atoms with Gasteiger partial charge in [-0.25, -0.2) is 9.38 Å². The third-order valence-corrected chi connectivity index (χ3v) is 4.63. The fourth-order valence-electron chi connectivity index (χ4n) is 3.03. The standard InChI is InChI=1S/C22H25FN4O3/c1-14-5-6-16(12-20(14)25-15(2)28)21(29)27-22(24-13-19-4-3-11-30-19)26-18-9-7-17(23)8-10-18/h5-10,12,19H,3-4,11,13H2,1-2H3,(H,25,28)(H2,24,26,27,29)/t19-/m1/s1. The first kappa shape index (κ1) is 21.4. The first-order valence-electron chi connectivity index (χ1n) is 9.79. The molecule has 3 rings (SSSR count). The minimum absolute atomic E-state index is 0.0117. The van der Waals surface area contributed by atoms with Crippen LogP contribution in [-0.2, 0) is 9.53 Å². The van der Waals surface area contributed by atoms with E-state index in [1.807, 2.05) is 6.92 Å². The van der Waals surface area contributed by atoms with Gasteiger partial charge in [-0.2, -0.15) is 0 Å². The van der Waals surface area contributed by atoms with Crippen LogP contribution < -0.4 is 16.0 Å². The van der Waals surface area contributed by atoms with Gasteiger partial charge >= 0.3 is 0 Å². The number of nitrogens with zero attached hydrogens (tertiary/aromatic N) is 1. The van der Waals surface area contributed by atoms with Crippen molar-refractivity contribution >= 4 is 29.1 Å². The van der Waals surface area contributed by atoms with E-state index < -0.39 is 0 Å². The van der Waals surface area contributed by atoms with Crippen LogP contribution in [0.1, 0.15) is 35.7 Å². The Bertz CT molecular complexity index is 938. The highest BCUT2D eigenvalue weighted by Gasteiger charge is 2.16. The van der Waals surface area contributed by atoms with E-state index in [4.69, 9.17) is 4.74 Å². The van der Waals surface area contributed by atoms with Gasteiger partial charge in [-0.1, -0.05) is 6.07 Å². The molecule has 1 aliphatic heterocycles. The smallest absolute Gasteiger partial charge is 0.258 e. The van der Waals surface area contributed by atoms with Gasteiger partial charge in [0.15, 0.2) is 0 Å². The molecular weight excluding hydrogens is 387 g/mol. The molecular formula is C22H25FN4O3. The summed E-state index contributed by atoms with van der Waals surface area (Å²) < 4.78 is 18.8. The summed E-state index contributed by atoms with van der Waals surface area (Å²) in [7, 11) is 0. The molecule has 0 radical (unpaired) electrons. The Hall–Kier alpha value is -3.26. The van der Waals surface area contributed by atoms with Crippen LogP contribution in [0.15, 0.2) is 47.5 Å². The van der Waals surface area contributed by atoms with E-state index in [-0.39, 0.29) is 29.7 Å². The number of halogens is 1. The zero-order valence-corrected chi connectivity index (χ0v) is 17.0. The Kier molecular flexibility index (Phi) is 7.13. The van der Waals surface area contributed by atoms with E-state index in [1.165, 1.54) is 19.1 Å². The Morgan fingerprint density at radius 1 is 1.17 bits per heavy atom. The lowest BCUT2D eigenvalue weighted by atomic mass is 10.1. The molecule has 30 heavy (non-hydrogen) atoms. The molecule has 1 aliphatic rings. The molecule has 158 valence electrons. The van der Waals surface area contributed by atoms with Crippen molar-refractivity contribution in [3.8, 4) is 0 Å². The van der Waals surface area contributed by atoms with Crippen LogP contribution in [0, 0.1) is 12.7 Å². The number of benzene rings is 2. The molecule has 0 aliphatic carbocycles. The topological polar surface area (TPSA) is 91.8 Å². The van der Waals surface area contributed by atoms with Gasteiger partial charge in [0.1, 0.15) is 5.82 Å². The number of hydrogen-bond acceptors (Lipinski definition) is 4. The summed E-state index contributed by atoms with van der Waals surface area (Å²) in [6, 6.07) is 10.8. The second-order valence-corrected chi connectivity index (χ2v) is 7.12. The number of carbonyl (C=O) groups is 2. The Balaban J connectivity index is 1.77. The molecule has 8 heteroatoms. The molecule has 1 heterocycles. The molecule has 0 saturated carbocycles. The molecule has 1 fully saturated rings. The number of guanidine groups is 1. The maximum absolute atomic E-state index is 13.2. The average Bonchev–Trinajstić information content (AvgIpc) is 3.23. The second kappa shape index (κ2) is 9.98. The fourth-order valence-corrected chi connectivity index (χ4v) is 3.03. The van der Waals surface area contributed by atoms with Crippen molar-refractivity contribution in [2.45, 2.75) is 32.8 Å². The number of carbonyl (C=O) groups excluding carboxylic acids is 2. The van der Waals surface area contributed by atoms with E-state index in [0.29, 0.717) is 30.1 Å². The van der Waals surface area contributed by atoms with Gasteiger partial charge < -0.3 is 15.4 Å². The Morgan fingerprint density at radius 3 is 2.60 bits per heavy atom. The van der Waals surface area contributed by atoms with Crippen molar-refractivity contribution in [1.29, 1.82) is 0 Å². The van der Waals surface area contributed by atoms with Crippen LogP contribution >= 0.6 is 0 Å². The largest absolute Gasteiger partial charge is 0.376 e. The normalized spacial score (nSPS) is 16.2. The minimum atomic E-state index is -0.387. The van der Waals surface area contributed by atoms with Crippen molar-refractivity contribution in [2.75, 3.05) is 23.8 Å². The molecule has 0 bridgehead atoms. The maximum atomic E-state index is 13.2. The lowest BCUT2D eigenvalue weighted by Gasteiger charge is -2.14. The van der Waals surface area contributed by atoms with Crippen LogP contribution in [0.4, 0.5) is 15.8 Å². The van der Waals surface area contributed by atoms with Gasteiger partial charge in [-0.15, -0.1) is 0 Å². The van der Waals surface area contributed by atoms with Crippen molar-refractivity contribution in [3.05, 3.63) is 59.4 Å². The van der Waals surface area contributed by atoms with Gasteiger partial charge in [0.2, 0.25) is 11.9 Å². The van der Waals surface area contributed by atoms with Crippen molar-refractivity contribution < 1.29 is 18.7 Å². The van der Waals surface area contributed by atoms with Crippen molar-refractivity contribution in [1.82, 2.24) is 5.32 Å². The zero-order chi connectivity index (χ0) is 21.5. The summed E-state index contributed by atoms with van der Waals surface area (Å²) in [4.78, 5) is 28.7. The predicted octanol–water partition coefficient (Wildman–Crippen LogP) is 3.47. The molecule has 2 amide bonds. The Labute approximate surface area is 174 Å². The fraction of sp³-hybridized carbons (Fsp3) is 0.318. The third-order valence-electron chi connectivity index (χ3n) is 4.63. The lowest BCUT2D eigenvalue weighted by Crippen LogP contribution is -2.36. The van der Waals surface area contributed by atoms with Gasteiger partial charge in [0, 0.05) is 30.5 Å². The van der Waals surface area contributed by atoms with Crippen LogP contribution in [0.25, 0.3) is 0 Å². The first-order chi connectivity index (χ1) is 14.4. The van der Waals surface area contributed by atoms with Crippen molar-refractivity contribution in [2.24, 2.45) is 4.99 Å². The summed E-state index contributed by atoms with van der Waals surface area (Å²) in [6.45, 7) is 4.36. The third kappa shape index (κ3) is 6.12. The molecule has 0 unspecified atom stereocenters. The second-order valence-electron chi connectivity index (χ2n) is 7.12. The predicted molar refractivity (Wildman–Crippen MR) is 114 cm³/mol. The van der Waals surface area contributed by atoms with E-state index in [2.05, 4.69) is 20.9 Å². The minimum Gasteiger partial charge on any atom is -0.376 e. The van der Waals surface area contributed by atoms with E-state index in [0.717, 1.165) is 18.4 Å². The highest BCUT2D eigenvalue weighted by Crippen LogP contribution is 2.17. The number of rotatable bonds is 5. The number of amides is 2. The molecule has 1 atom stereocenters. The molecule has 2 aromatic rings. The summed E-state index contributed by atoms with van der Waals surface area (Å²) in [5.74, 6) is -0.717. The first-order valence-corrected chi connectivity index (χ1v) is 9.79. The molecule has 2 aromatic carbocycles. The number of aryl methyl sites for hydroxylation is 1. The zero-order valence-electron chi connectivity index (χ0n) is 17.0. The number of anilines is 2. The van der Waals surface area contributed by atoms with E-state index >= 15 is 0 Å². The Morgan fingerprint density at radius 2 is 1.93 bits per heavy atom. The summed E-state index contributed by atoms with van der Waals surface area (Å²) in [6.07, 6.45) is 1.92. The summed E-state index contributed by atoms with van der Waals surface area (Å²) in [5, 5.41) is 8.49. The van der Waals surface area contributed by atoms with Gasteiger partial charge in [-0.3, -0.25) is 14.9 Å². The molecule has 3 N–H and O–H groups in total. The van der Waals surface area contributed by atoms with E-state index in [9.17, 15) is 14.0 Å². The molecule has 1 saturated heterocycles. The van der Waals surface area contributed by atoms with Crippen LogP contribution in [-0.4, -0.2) is 37.0 Å². The van der Waals surface area contributed by atoms with Crippen LogP contribution in [0.2, 0.25) is 0 Å². The van der Waals surface area contributed by atoms with Gasteiger partial charge in [0.25, 0.3) is 5.91 Å². The maximum Gasteiger partial charge on any atom is 0.258 e. The van der Waals surface area contributed by atoms with Gasteiger partial charge in [-0.05, 0) is 61.7 Å². The monoisotopic (exact) mass is 412 g/mol. The average molecular weight is 412 g/mol. The summed E-state index contributed by atoms with van der Waals surface area (Å²) >= 11 is 0. The summed E-state index contributed by atoms with van der Waals surface area (Å²) in [5.41, 5.74) is 2.37. The molecule has 7 nitrogen and oxygen atoms in total. The number of aliphatic imine (C=N–C) groups is 1. The SMILES string of the molecule is CC(=O)Nc1cc(C(=O)NC(=NC[C@H]2CCCO2)Nc2ccc(F)cc2)ccc1C. The quantitative estimate of drug-likeness (QED) is 0.518. The van der Waals surface area contributed by atoms with Crippen LogP contribution in [0.5, 0.6) is 0 Å². The van der Waals surface area contributed by atoms with Gasteiger partial charge in [0.05, 0.1) is 12.6 Å². The number of hydrogen-bond donors (Lipinski definition) is 3. The lowest BCUT2D eigenvalue weighted by molar-refractivity contribution is -0.114. The number of ether oxygens (including phenoxy) is 1. The number of nitrogens with one attached hydrogen (secondary N) is 3. The molecule has 0 spiro atoms. The van der Waals surface area contributed by atoms with E-state index in [1.54, 1.807) is 30.3 Å². The van der Waals surface area contributed by atoms with Crippen LogP contribution in [0.3, 0.4) is 0 Å². The highest BCUT2D eigenvalue weighted by molar-refractivity contribution is 6.10.